The molecular formula is C15H12ClF6N5. The monoisotopic (exact) mass is 411 g/mol. The van der Waals surface area contributed by atoms with Gasteiger partial charge in [-0.1, -0.05) is 23.8 Å². The highest BCUT2D eigenvalue weighted by Crippen LogP contribution is 2.26. The number of nitrogens with zero attached hydrogens (tertiary/aromatic N) is 2. The van der Waals surface area contributed by atoms with Gasteiger partial charge in [-0.2, -0.15) is 26.3 Å². The molecule has 1 atom stereocenters. The quantitative estimate of drug-likeness (QED) is 0.497. The van der Waals surface area contributed by atoms with E-state index in [2.05, 4.69) is 20.6 Å². The van der Waals surface area contributed by atoms with E-state index in [1.54, 1.807) is 0 Å². The molecule has 0 spiro atoms. The highest BCUT2D eigenvalue weighted by atomic mass is 35.5. The molecule has 146 valence electrons. The van der Waals surface area contributed by atoms with E-state index in [1.807, 2.05) is 0 Å². The fourth-order valence-electron chi connectivity index (χ4n) is 1.99. The number of allylic oxidation sites excluding steroid dienone is 3. The zero-order chi connectivity index (χ0) is 20.2. The molecule has 0 radical (unpaired) electrons. The Morgan fingerprint density at radius 3 is 2.41 bits per heavy atom. The summed E-state index contributed by atoms with van der Waals surface area (Å²) in [4.78, 5) is 7.51. The van der Waals surface area contributed by atoms with Crippen molar-refractivity contribution in [2.45, 2.75) is 24.8 Å². The molecule has 3 N–H and O–H groups in total. The lowest BCUT2D eigenvalue weighted by molar-refractivity contribution is -0.143. The SMILES string of the molecule is N=C(/C=C(/CC1=CC=CC(C(F)(F)F)N1)Nc1ncc(Cl)cn1)C(F)(F)F. The normalized spacial score (nSPS) is 18.0. The van der Waals surface area contributed by atoms with Crippen LogP contribution in [0.25, 0.3) is 0 Å². The second-order valence-corrected chi connectivity index (χ2v) is 5.78. The smallest absolute Gasteiger partial charge is 0.374 e. The summed E-state index contributed by atoms with van der Waals surface area (Å²) < 4.78 is 76.4. The Balaban J connectivity index is 2.23. The Kier molecular flexibility index (Phi) is 6.14. The van der Waals surface area contributed by atoms with Gasteiger partial charge < -0.3 is 10.6 Å². The lowest BCUT2D eigenvalue weighted by Crippen LogP contribution is -2.41. The van der Waals surface area contributed by atoms with Gasteiger partial charge in [-0.15, -0.1) is 0 Å². The number of alkyl halides is 6. The first kappa shape index (κ1) is 20.7. The Bertz CT molecular complexity index is 779. The second kappa shape index (κ2) is 7.99. The lowest BCUT2D eigenvalue weighted by Gasteiger charge is -2.24. The molecule has 2 heterocycles. The van der Waals surface area contributed by atoms with Crippen LogP contribution in [-0.2, 0) is 0 Å². The van der Waals surface area contributed by atoms with Crippen LogP contribution in [0.4, 0.5) is 32.3 Å². The van der Waals surface area contributed by atoms with Crippen LogP contribution in [0, 0.1) is 5.41 Å². The number of anilines is 1. The summed E-state index contributed by atoms with van der Waals surface area (Å²) in [5, 5.41) is 11.9. The largest absolute Gasteiger partial charge is 0.432 e. The molecule has 1 aliphatic heterocycles. The van der Waals surface area contributed by atoms with Crippen LogP contribution in [0.3, 0.4) is 0 Å². The average Bonchev–Trinajstić information content (AvgIpc) is 2.55. The van der Waals surface area contributed by atoms with Gasteiger partial charge in [0, 0.05) is 17.8 Å². The van der Waals surface area contributed by atoms with Crippen LogP contribution in [0.1, 0.15) is 6.42 Å². The topological polar surface area (TPSA) is 73.7 Å². The Hall–Kier alpha value is -2.56. The van der Waals surface area contributed by atoms with E-state index >= 15 is 0 Å². The third-order valence-electron chi connectivity index (χ3n) is 3.19. The number of nitrogens with one attached hydrogen (secondary N) is 3. The van der Waals surface area contributed by atoms with Crippen molar-refractivity contribution in [2.24, 2.45) is 0 Å². The molecule has 0 saturated carbocycles. The summed E-state index contributed by atoms with van der Waals surface area (Å²) in [5.41, 5.74) is -1.91. The van der Waals surface area contributed by atoms with Crippen molar-refractivity contribution < 1.29 is 26.3 Å². The Morgan fingerprint density at radius 1 is 1.22 bits per heavy atom. The van der Waals surface area contributed by atoms with Gasteiger partial charge in [-0.05, 0) is 12.2 Å². The van der Waals surface area contributed by atoms with Crippen molar-refractivity contribution in [1.82, 2.24) is 15.3 Å². The van der Waals surface area contributed by atoms with E-state index in [0.717, 1.165) is 12.2 Å². The van der Waals surface area contributed by atoms with Crippen LogP contribution in [0.5, 0.6) is 0 Å². The highest BCUT2D eigenvalue weighted by Gasteiger charge is 2.39. The third-order valence-corrected chi connectivity index (χ3v) is 3.39. The first-order valence-electron chi connectivity index (χ1n) is 7.26. The van der Waals surface area contributed by atoms with Crippen molar-refractivity contribution in [1.29, 1.82) is 5.41 Å². The molecule has 5 nitrogen and oxygen atoms in total. The van der Waals surface area contributed by atoms with Crippen LogP contribution >= 0.6 is 11.6 Å². The summed E-state index contributed by atoms with van der Waals surface area (Å²) in [5.74, 6) is -0.125. The summed E-state index contributed by atoms with van der Waals surface area (Å²) in [6, 6.07) is -1.97. The molecule has 0 saturated heterocycles. The Morgan fingerprint density at radius 2 is 1.85 bits per heavy atom. The predicted molar refractivity (Wildman–Crippen MR) is 87.3 cm³/mol. The molecule has 12 heteroatoms. The fourth-order valence-corrected chi connectivity index (χ4v) is 2.09. The number of hydrogen-bond acceptors (Lipinski definition) is 5. The van der Waals surface area contributed by atoms with Crippen molar-refractivity contribution >= 4 is 23.3 Å². The first-order valence-corrected chi connectivity index (χ1v) is 7.64. The van der Waals surface area contributed by atoms with Gasteiger partial charge in [0.2, 0.25) is 5.95 Å². The molecule has 1 aromatic heterocycles. The molecule has 0 fully saturated rings. The van der Waals surface area contributed by atoms with Crippen molar-refractivity contribution in [2.75, 3.05) is 5.32 Å². The summed E-state index contributed by atoms with van der Waals surface area (Å²) in [6.07, 6.45) is -3.72. The maximum Gasteiger partial charge on any atom is 0.432 e. The van der Waals surface area contributed by atoms with E-state index in [0.29, 0.717) is 6.08 Å². The molecule has 27 heavy (non-hydrogen) atoms. The van der Waals surface area contributed by atoms with Gasteiger partial charge in [0.1, 0.15) is 11.8 Å². The second-order valence-electron chi connectivity index (χ2n) is 5.35. The molecule has 0 bridgehead atoms. The zero-order valence-corrected chi connectivity index (χ0v) is 14.0. The Labute approximate surface area is 154 Å². The minimum absolute atomic E-state index is 0.00233. The van der Waals surface area contributed by atoms with Gasteiger partial charge in [0.15, 0.2) is 0 Å². The first-order chi connectivity index (χ1) is 12.4. The summed E-state index contributed by atoms with van der Waals surface area (Å²) >= 11 is 5.62. The minimum Gasteiger partial charge on any atom is -0.374 e. The van der Waals surface area contributed by atoms with Crippen LogP contribution in [0.2, 0.25) is 5.02 Å². The van der Waals surface area contributed by atoms with Gasteiger partial charge in [-0.25, -0.2) is 9.97 Å². The van der Waals surface area contributed by atoms with Crippen molar-refractivity contribution in [3.05, 3.63) is 53.1 Å². The molecule has 0 aromatic carbocycles. The fraction of sp³-hybridized carbons (Fsp3) is 0.267. The minimum atomic E-state index is -4.92. The van der Waals surface area contributed by atoms with Gasteiger partial charge >= 0.3 is 12.4 Å². The van der Waals surface area contributed by atoms with E-state index in [1.165, 1.54) is 18.5 Å². The lowest BCUT2D eigenvalue weighted by atomic mass is 10.1. The number of halogens is 7. The highest BCUT2D eigenvalue weighted by molar-refractivity contribution is 6.30. The van der Waals surface area contributed by atoms with Gasteiger partial charge in [0.25, 0.3) is 0 Å². The summed E-state index contributed by atoms with van der Waals surface area (Å²) in [7, 11) is 0. The van der Waals surface area contributed by atoms with Crippen LogP contribution in [0.15, 0.2) is 48.1 Å². The molecule has 0 aliphatic carbocycles. The van der Waals surface area contributed by atoms with E-state index in [9.17, 15) is 26.3 Å². The molecule has 1 aromatic rings. The van der Waals surface area contributed by atoms with Gasteiger partial charge in [0.05, 0.1) is 17.4 Å². The standard InChI is InChI=1S/C15H12ClF6N5/c16-8-6-24-13(25-7-8)27-10(5-11(23)14(17,18)19)4-9-2-1-3-12(26-9)15(20,21)22/h1-3,5-7,12,23,26H,4H2,(H,24,25,27)/b10-5-,23-11?. The van der Waals surface area contributed by atoms with E-state index in [4.69, 9.17) is 17.0 Å². The predicted octanol–water partition coefficient (Wildman–Crippen LogP) is 4.37. The van der Waals surface area contributed by atoms with Gasteiger partial charge in [-0.3, -0.25) is 5.41 Å². The molecular weight excluding hydrogens is 400 g/mol. The molecule has 2 rings (SSSR count). The van der Waals surface area contributed by atoms with Crippen LogP contribution < -0.4 is 10.6 Å². The maximum atomic E-state index is 12.8. The zero-order valence-electron chi connectivity index (χ0n) is 13.3. The van der Waals surface area contributed by atoms with E-state index in [-0.39, 0.29) is 28.8 Å². The van der Waals surface area contributed by atoms with Crippen LogP contribution in [-0.4, -0.2) is 34.1 Å². The number of aromatic nitrogens is 2. The van der Waals surface area contributed by atoms with E-state index < -0.39 is 24.1 Å². The average molecular weight is 412 g/mol. The number of rotatable bonds is 5. The third kappa shape index (κ3) is 6.27. The number of dihydropyridines is 1. The molecule has 1 aliphatic rings. The molecule has 0 amide bonds. The molecule has 1 unspecified atom stereocenters. The maximum absolute atomic E-state index is 12.8. The summed E-state index contributed by atoms with van der Waals surface area (Å²) in [6.45, 7) is 0. The number of hydrogen-bond donors (Lipinski definition) is 3. The van der Waals surface area contributed by atoms with Crippen molar-refractivity contribution in [3.63, 3.8) is 0 Å². The van der Waals surface area contributed by atoms with Crippen molar-refractivity contribution in [3.8, 4) is 0 Å².